The number of carbonyl (C=O) groups excluding carboxylic acids is 3. The summed E-state index contributed by atoms with van der Waals surface area (Å²) in [7, 11) is 0. The van der Waals surface area contributed by atoms with Crippen LogP contribution in [0.3, 0.4) is 0 Å². The van der Waals surface area contributed by atoms with Crippen molar-refractivity contribution in [2.75, 3.05) is 13.1 Å². The number of amides is 4. The van der Waals surface area contributed by atoms with Gasteiger partial charge in [0.2, 0.25) is 5.91 Å². The first kappa shape index (κ1) is 18.2. The van der Waals surface area contributed by atoms with Gasteiger partial charge in [0.25, 0.3) is 5.91 Å². The molecule has 4 amide bonds. The van der Waals surface area contributed by atoms with Crippen LogP contribution in [0.4, 0.5) is 4.79 Å². The predicted molar refractivity (Wildman–Crippen MR) is 105 cm³/mol. The molecule has 0 unspecified atom stereocenters. The average Bonchev–Trinajstić information content (AvgIpc) is 3.00. The zero-order valence-electron chi connectivity index (χ0n) is 15.6. The first-order valence-electron chi connectivity index (χ1n) is 9.58. The number of urea groups is 1. The van der Waals surface area contributed by atoms with E-state index >= 15 is 0 Å². The maximum atomic E-state index is 12.7. The second-order valence-corrected chi connectivity index (χ2v) is 7.52. The summed E-state index contributed by atoms with van der Waals surface area (Å²) in [5.74, 6) is -0.393. The lowest BCUT2D eigenvalue weighted by atomic mass is 9.64. The van der Waals surface area contributed by atoms with Crippen LogP contribution in [-0.2, 0) is 16.8 Å². The highest BCUT2D eigenvalue weighted by atomic mass is 16.2. The van der Waals surface area contributed by atoms with Gasteiger partial charge in [0.05, 0.1) is 13.1 Å². The Balaban J connectivity index is 1.42. The maximum absolute atomic E-state index is 12.7. The van der Waals surface area contributed by atoms with Crippen molar-refractivity contribution < 1.29 is 14.4 Å². The molecule has 1 heterocycles. The van der Waals surface area contributed by atoms with E-state index in [9.17, 15) is 14.4 Å². The van der Waals surface area contributed by atoms with Crippen molar-refractivity contribution in [1.29, 1.82) is 0 Å². The van der Waals surface area contributed by atoms with Crippen molar-refractivity contribution in [3.63, 3.8) is 0 Å². The number of rotatable bonds is 6. The monoisotopic (exact) mass is 377 g/mol. The van der Waals surface area contributed by atoms with Gasteiger partial charge in [-0.05, 0) is 36.1 Å². The normalized spacial score (nSPS) is 17.8. The van der Waals surface area contributed by atoms with Crippen LogP contribution in [0, 0.1) is 0 Å². The fraction of sp³-hybridized carbons (Fsp3) is 0.318. The molecule has 1 aliphatic carbocycles. The van der Waals surface area contributed by atoms with Crippen molar-refractivity contribution in [3.8, 4) is 0 Å². The van der Waals surface area contributed by atoms with E-state index in [0.29, 0.717) is 12.1 Å². The highest BCUT2D eigenvalue weighted by Crippen LogP contribution is 2.43. The molecule has 2 aromatic rings. The average molecular weight is 377 g/mol. The number of hydrogen-bond acceptors (Lipinski definition) is 3. The number of nitrogens with one attached hydrogen (secondary N) is 2. The molecule has 2 aromatic carbocycles. The lowest BCUT2D eigenvalue weighted by molar-refractivity contribution is -0.125. The van der Waals surface area contributed by atoms with E-state index in [1.807, 2.05) is 24.3 Å². The van der Waals surface area contributed by atoms with E-state index in [-0.39, 0.29) is 30.3 Å². The quantitative estimate of drug-likeness (QED) is 0.760. The van der Waals surface area contributed by atoms with Crippen LogP contribution in [0.2, 0.25) is 0 Å². The Labute approximate surface area is 163 Å². The minimum absolute atomic E-state index is 0.0224. The largest absolute Gasteiger partial charge is 0.351 e. The van der Waals surface area contributed by atoms with Crippen molar-refractivity contribution >= 4 is 17.8 Å². The van der Waals surface area contributed by atoms with Gasteiger partial charge < -0.3 is 10.6 Å². The predicted octanol–water partition coefficient (Wildman–Crippen LogP) is 2.59. The van der Waals surface area contributed by atoms with Crippen LogP contribution in [0.1, 0.15) is 40.7 Å². The van der Waals surface area contributed by atoms with E-state index in [1.165, 1.54) is 12.0 Å². The SMILES string of the molecule is O=C(NCC1(c2ccccc2)CCC1)c1cccc(CN2C(=O)CNC2=O)c1. The lowest BCUT2D eigenvalue weighted by Crippen LogP contribution is -2.45. The van der Waals surface area contributed by atoms with E-state index < -0.39 is 6.03 Å². The zero-order chi connectivity index (χ0) is 19.6. The lowest BCUT2D eigenvalue weighted by Gasteiger charge is -2.42. The van der Waals surface area contributed by atoms with Crippen LogP contribution in [0.25, 0.3) is 0 Å². The van der Waals surface area contributed by atoms with Crippen molar-refractivity contribution in [2.24, 2.45) is 0 Å². The first-order valence-corrected chi connectivity index (χ1v) is 9.58. The molecule has 144 valence electrons. The van der Waals surface area contributed by atoms with Gasteiger partial charge in [-0.2, -0.15) is 0 Å². The molecule has 2 N–H and O–H groups in total. The Kier molecular flexibility index (Phi) is 4.86. The van der Waals surface area contributed by atoms with Crippen LogP contribution < -0.4 is 10.6 Å². The summed E-state index contributed by atoms with van der Waals surface area (Å²) in [4.78, 5) is 37.3. The summed E-state index contributed by atoms with van der Waals surface area (Å²) in [6.07, 6.45) is 3.32. The van der Waals surface area contributed by atoms with Gasteiger partial charge in [-0.15, -0.1) is 0 Å². The van der Waals surface area contributed by atoms with Crippen LogP contribution in [0.5, 0.6) is 0 Å². The molecular weight excluding hydrogens is 354 g/mol. The molecule has 0 atom stereocenters. The first-order chi connectivity index (χ1) is 13.6. The highest BCUT2D eigenvalue weighted by Gasteiger charge is 2.38. The Morgan fingerprint density at radius 3 is 2.50 bits per heavy atom. The van der Waals surface area contributed by atoms with Crippen molar-refractivity contribution in [1.82, 2.24) is 15.5 Å². The minimum Gasteiger partial charge on any atom is -0.351 e. The fourth-order valence-electron chi connectivity index (χ4n) is 3.92. The topological polar surface area (TPSA) is 78.5 Å². The number of hydrogen-bond donors (Lipinski definition) is 2. The third kappa shape index (κ3) is 3.50. The number of benzene rings is 2. The van der Waals surface area contributed by atoms with Crippen molar-refractivity contribution in [2.45, 2.75) is 31.2 Å². The Hall–Kier alpha value is -3.15. The smallest absolute Gasteiger partial charge is 0.324 e. The molecule has 6 heteroatoms. The molecule has 0 radical (unpaired) electrons. The highest BCUT2D eigenvalue weighted by molar-refractivity contribution is 6.02. The van der Waals surface area contributed by atoms with Gasteiger partial charge in [-0.1, -0.05) is 48.9 Å². The molecule has 6 nitrogen and oxygen atoms in total. The third-order valence-corrected chi connectivity index (χ3v) is 5.75. The Morgan fingerprint density at radius 2 is 1.86 bits per heavy atom. The van der Waals surface area contributed by atoms with Crippen LogP contribution in [0.15, 0.2) is 54.6 Å². The van der Waals surface area contributed by atoms with Gasteiger partial charge in [-0.3, -0.25) is 14.5 Å². The second-order valence-electron chi connectivity index (χ2n) is 7.52. The molecule has 28 heavy (non-hydrogen) atoms. The van der Waals surface area contributed by atoms with E-state index in [1.54, 1.807) is 18.2 Å². The molecule has 0 aromatic heterocycles. The summed E-state index contributed by atoms with van der Waals surface area (Å²) in [6, 6.07) is 17.0. The molecule has 2 aliphatic rings. The summed E-state index contributed by atoms with van der Waals surface area (Å²) in [5, 5.41) is 5.58. The van der Waals surface area contributed by atoms with E-state index in [2.05, 4.69) is 22.8 Å². The number of imide groups is 1. The second kappa shape index (κ2) is 7.46. The number of nitrogens with zero attached hydrogens (tertiary/aromatic N) is 1. The van der Waals surface area contributed by atoms with Crippen LogP contribution >= 0.6 is 0 Å². The molecule has 1 aliphatic heterocycles. The Morgan fingerprint density at radius 1 is 1.07 bits per heavy atom. The standard InChI is InChI=1S/C22H23N3O3/c26-19-13-23-21(28)25(19)14-16-6-4-7-17(12-16)20(27)24-15-22(10-5-11-22)18-8-2-1-3-9-18/h1-4,6-9,12H,5,10-11,13-15H2,(H,23,28)(H,24,27). The number of carbonyl (C=O) groups is 3. The molecule has 2 fully saturated rings. The maximum Gasteiger partial charge on any atom is 0.324 e. The molecule has 4 rings (SSSR count). The Bertz CT molecular complexity index is 890. The molecule has 1 saturated carbocycles. The summed E-state index contributed by atoms with van der Waals surface area (Å²) in [6.45, 7) is 0.799. The molecule has 1 saturated heterocycles. The third-order valence-electron chi connectivity index (χ3n) is 5.75. The summed E-state index contributed by atoms with van der Waals surface area (Å²) >= 11 is 0. The fourth-order valence-corrected chi connectivity index (χ4v) is 3.92. The molecule has 0 bridgehead atoms. The summed E-state index contributed by atoms with van der Waals surface area (Å²) < 4.78 is 0. The van der Waals surface area contributed by atoms with E-state index in [0.717, 1.165) is 23.3 Å². The van der Waals surface area contributed by atoms with Gasteiger partial charge in [0, 0.05) is 17.5 Å². The molecule has 0 spiro atoms. The van der Waals surface area contributed by atoms with Gasteiger partial charge in [0.15, 0.2) is 0 Å². The van der Waals surface area contributed by atoms with Gasteiger partial charge >= 0.3 is 6.03 Å². The minimum atomic E-state index is -0.394. The zero-order valence-corrected chi connectivity index (χ0v) is 15.6. The summed E-state index contributed by atoms with van der Waals surface area (Å²) in [5.41, 5.74) is 2.58. The molecular formula is C22H23N3O3. The van der Waals surface area contributed by atoms with Crippen LogP contribution in [-0.4, -0.2) is 35.8 Å². The van der Waals surface area contributed by atoms with Crippen molar-refractivity contribution in [3.05, 3.63) is 71.3 Å². The van der Waals surface area contributed by atoms with Gasteiger partial charge in [0.1, 0.15) is 0 Å². The van der Waals surface area contributed by atoms with Gasteiger partial charge in [-0.25, -0.2) is 4.79 Å². The van der Waals surface area contributed by atoms with E-state index in [4.69, 9.17) is 0 Å².